The topological polar surface area (TPSA) is 46.9 Å². The third-order valence-corrected chi connectivity index (χ3v) is 4.16. The van der Waals surface area contributed by atoms with E-state index in [9.17, 15) is 4.79 Å². The summed E-state index contributed by atoms with van der Waals surface area (Å²) in [7, 11) is 1.74. The smallest absolute Gasteiger partial charge is 0.256 e. The lowest BCUT2D eigenvalue weighted by molar-refractivity contribution is 0.0922. The maximum Gasteiger partial charge on any atom is 0.256 e. The van der Waals surface area contributed by atoms with Crippen LogP contribution in [-0.4, -0.2) is 21.7 Å². The van der Waals surface area contributed by atoms with Gasteiger partial charge in [-0.15, -0.1) is 0 Å². The Morgan fingerprint density at radius 3 is 2.50 bits per heavy atom. The molecule has 0 spiro atoms. The molecule has 0 bridgehead atoms. The summed E-state index contributed by atoms with van der Waals surface area (Å²) < 4.78 is 1.54. The molecule has 100 valence electrons. The van der Waals surface area contributed by atoms with Crippen LogP contribution in [0.3, 0.4) is 0 Å². The van der Waals surface area contributed by atoms with Crippen molar-refractivity contribution in [3.63, 3.8) is 0 Å². The van der Waals surface area contributed by atoms with Gasteiger partial charge in [0.1, 0.15) is 5.15 Å². The average molecular weight is 270 g/mol. The summed E-state index contributed by atoms with van der Waals surface area (Å²) in [5.74, 6) is 0.687. The van der Waals surface area contributed by atoms with Crippen molar-refractivity contribution in [1.29, 1.82) is 0 Å². The number of nitrogens with zero attached hydrogens (tertiary/aromatic N) is 2. The van der Waals surface area contributed by atoms with Crippen LogP contribution < -0.4 is 5.32 Å². The van der Waals surface area contributed by atoms with Gasteiger partial charge in [-0.2, -0.15) is 5.10 Å². The van der Waals surface area contributed by atoms with Gasteiger partial charge in [-0.25, -0.2) is 0 Å². The molecule has 0 saturated heterocycles. The normalized spacial score (nSPS) is 24.0. The zero-order chi connectivity index (χ0) is 13.3. The predicted molar refractivity (Wildman–Crippen MR) is 71.8 cm³/mol. The molecule has 1 saturated carbocycles. The monoisotopic (exact) mass is 269 g/mol. The third-order valence-electron chi connectivity index (χ3n) is 3.73. The van der Waals surface area contributed by atoms with Gasteiger partial charge >= 0.3 is 0 Å². The van der Waals surface area contributed by atoms with Gasteiger partial charge in [0.2, 0.25) is 0 Å². The lowest BCUT2D eigenvalue weighted by Gasteiger charge is -2.26. The van der Waals surface area contributed by atoms with E-state index in [0.29, 0.717) is 16.4 Å². The highest BCUT2D eigenvalue weighted by atomic mass is 35.5. The second kappa shape index (κ2) is 5.31. The zero-order valence-electron chi connectivity index (χ0n) is 11.2. The molecule has 0 unspecified atom stereocenters. The van der Waals surface area contributed by atoms with Crippen LogP contribution in [0.1, 0.15) is 48.7 Å². The highest BCUT2D eigenvalue weighted by Gasteiger charge is 2.24. The highest BCUT2D eigenvalue weighted by Crippen LogP contribution is 2.24. The Morgan fingerprint density at radius 2 is 2.00 bits per heavy atom. The van der Waals surface area contributed by atoms with E-state index in [1.165, 1.54) is 17.5 Å². The Morgan fingerprint density at radius 1 is 1.39 bits per heavy atom. The van der Waals surface area contributed by atoms with E-state index in [1.54, 1.807) is 7.05 Å². The standard InChI is InChI=1S/C13H20ClN3O/c1-8-4-6-10(7-5-8)15-13(18)11-9(2)16-17(3)12(11)14/h8,10H,4-7H2,1-3H3,(H,15,18). The number of carbonyl (C=O) groups excluding carboxylic acids is 1. The van der Waals surface area contributed by atoms with Gasteiger partial charge in [-0.3, -0.25) is 9.48 Å². The van der Waals surface area contributed by atoms with Gasteiger partial charge < -0.3 is 5.32 Å². The summed E-state index contributed by atoms with van der Waals surface area (Å²) in [6.45, 7) is 4.07. The molecule has 0 atom stereocenters. The van der Waals surface area contributed by atoms with Crippen molar-refractivity contribution in [1.82, 2.24) is 15.1 Å². The zero-order valence-corrected chi connectivity index (χ0v) is 11.9. The molecule has 1 aliphatic carbocycles. The summed E-state index contributed by atoms with van der Waals surface area (Å²) in [4.78, 5) is 12.2. The molecule has 0 aromatic carbocycles. The molecule has 5 heteroatoms. The minimum atomic E-state index is -0.0925. The first-order valence-corrected chi connectivity index (χ1v) is 6.86. The van der Waals surface area contributed by atoms with E-state index in [2.05, 4.69) is 17.3 Å². The van der Waals surface area contributed by atoms with E-state index >= 15 is 0 Å². The summed E-state index contributed by atoms with van der Waals surface area (Å²) in [5, 5.41) is 7.65. The van der Waals surface area contributed by atoms with Gasteiger partial charge in [0.15, 0.2) is 0 Å². The number of nitrogens with one attached hydrogen (secondary N) is 1. The molecule has 4 nitrogen and oxygen atoms in total. The fourth-order valence-corrected chi connectivity index (χ4v) is 2.81. The molecule has 1 aromatic heterocycles. The number of carbonyl (C=O) groups is 1. The van der Waals surface area contributed by atoms with E-state index < -0.39 is 0 Å². The summed E-state index contributed by atoms with van der Waals surface area (Å²) in [6.07, 6.45) is 4.49. The van der Waals surface area contributed by atoms with Crippen LogP contribution in [0.25, 0.3) is 0 Å². The van der Waals surface area contributed by atoms with Gasteiger partial charge in [0, 0.05) is 13.1 Å². The Labute approximate surface area is 113 Å². The fraction of sp³-hybridized carbons (Fsp3) is 0.692. The Balaban J connectivity index is 2.04. The summed E-state index contributed by atoms with van der Waals surface area (Å²) >= 11 is 6.09. The van der Waals surface area contributed by atoms with Gasteiger partial charge in [0.05, 0.1) is 11.3 Å². The first kappa shape index (κ1) is 13.4. The van der Waals surface area contributed by atoms with Gasteiger partial charge in [0.25, 0.3) is 5.91 Å². The summed E-state index contributed by atoms with van der Waals surface area (Å²) in [6, 6.07) is 0.282. The number of hydrogen-bond acceptors (Lipinski definition) is 2. The SMILES string of the molecule is Cc1nn(C)c(Cl)c1C(=O)NC1CCC(C)CC1. The number of amides is 1. The number of halogens is 1. The van der Waals surface area contributed by atoms with Crippen LogP contribution in [0.15, 0.2) is 0 Å². The second-order valence-corrected chi connectivity index (χ2v) is 5.66. The molecule has 1 amide bonds. The van der Waals surface area contributed by atoms with Gasteiger partial charge in [-0.05, 0) is 38.5 Å². The quantitative estimate of drug-likeness (QED) is 0.897. The van der Waals surface area contributed by atoms with Crippen molar-refractivity contribution in [3.05, 3.63) is 16.4 Å². The van der Waals surface area contributed by atoms with Crippen LogP contribution in [0.5, 0.6) is 0 Å². The van der Waals surface area contributed by atoms with Crippen LogP contribution >= 0.6 is 11.6 Å². The van der Waals surface area contributed by atoms with E-state index in [4.69, 9.17) is 11.6 Å². The maximum atomic E-state index is 12.2. The van der Waals surface area contributed by atoms with Crippen LogP contribution in [0, 0.1) is 12.8 Å². The first-order valence-electron chi connectivity index (χ1n) is 6.49. The highest BCUT2D eigenvalue weighted by molar-refractivity contribution is 6.33. The molecule has 1 N–H and O–H groups in total. The van der Waals surface area contributed by atoms with E-state index in [1.807, 2.05) is 6.92 Å². The average Bonchev–Trinajstić information content (AvgIpc) is 2.56. The van der Waals surface area contributed by atoms with Crippen molar-refractivity contribution < 1.29 is 4.79 Å². The minimum absolute atomic E-state index is 0.0925. The summed E-state index contributed by atoms with van der Waals surface area (Å²) in [5.41, 5.74) is 1.20. The maximum absolute atomic E-state index is 12.2. The number of aromatic nitrogens is 2. The number of hydrogen-bond donors (Lipinski definition) is 1. The van der Waals surface area contributed by atoms with Crippen molar-refractivity contribution in [2.45, 2.75) is 45.6 Å². The Hall–Kier alpha value is -1.03. The van der Waals surface area contributed by atoms with Crippen molar-refractivity contribution in [2.24, 2.45) is 13.0 Å². The Kier molecular flexibility index (Phi) is 3.95. The molecule has 1 fully saturated rings. The molecular weight excluding hydrogens is 250 g/mol. The lowest BCUT2D eigenvalue weighted by Crippen LogP contribution is -2.37. The third kappa shape index (κ3) is 2.69. The lowest BCUT2D eigenvalue weighted by atomic mass is 9.87. The van der Waals surface area contributed by atoms with Crippen LogP contribution in [-0.2, 0) is 7.05 Å². The molecule has 18 heavy (non-hydrogen) atoms. The van der Waals surface area contributed by atoms with Crippen molar-refractivity contribution >= 4 is 17.5 Å². The van der Waals surface area contributed by atoms with E-state index in [-0.39, 0.29) is 11.9 Å². The molecule has 1 aliphatic rings. The molecule has 0 radical (unpaired) electrons. The van der Waals surface area contributed by atoms with Crippen molar-refractivity contribution in [3.8, 4) is 0 Å². The van der Waals surface area contributed by atoms with Crippen LogP contribution in [0.2, 0.25) is 5.15 Å². The number of rotatable bonds is 2. The molecule has 1 heterocycles. The fourth-order valence-electron chi connectivity index (χ4n) is 2.55. The Bertz CT molecular complexity index is 447. The van der Waals surface area contributed by atoms with E-state index in [0.717, 1.165) is 18.8 Å². The largest absolute Gasteiger partial charge is 0.349 e. The molecule has 0 aliphatic heterocycles. The second-order valence-electron chi connectivity index (χ2n) is 5.31. The van der Waals surface area contributed by atoms with Crippen molar-refractivity contribution in [2.75, 3.05) is 0 Å². The predicted octanol–water partition coefficient (Wildman–Crippen LogP) is 2.69. The van der Waals surface area contributed by atoms with Gasteiger partial charge in [-0.1, -0.05) is 18.5 Å². The molecule has 2 rings (SSSR count). The number of aryl methyl sites for hydroxylation is 2. The first-order chi connectivity index (χ1) is 8.49. The van der Waals surface area contributed by atoms with Crippen LogP contribution in [0.4, 0.5) is 0 Å². The molecule has 1 aromatic rings. The molecular formula is C13H20ClN3O. The minimum Gasteiger partial charge on any atom is -0.349 e.